The summed E-state index contributed by atoms with van der Waals surface area (Å²) in [7, 11) is 0. The largest absolute Gasteiger partial charge is 0.391 e. The minimum Gasteiger partial charge on any atom is -0.391 e. The van der Waals surface area contributed by atoms with E-state index in [4.69, 9.17) is 5.73 Å². The average Bonchev–Trinajstić information content (AvgIpc) is 2.32. The van der Waals surface area contributed by atoms with Gasteiger partial charge in [0.1, 0.15) is 0 Å². The van der Waals surface area contributed by atoms with Crippen LogP contribution in [0.15, 0.2) is 18.2 Å². The monoisotopic (exact) mass is 249 g/mol. The second-order valence-corrected chi connectivity index (χ2v) is 5.45. The van der Waals surface area contributed by atoms with Gasteiger partial charge in [0.2, 0.25) is 0 Å². The van der Waals surface area contributed by atoms with Crippen molar-refractivity contribution >= 4 is 0 Å². The molecule has 0 aliphatic rings. The summed E-state index contributed by atoms with van der Waals surface area (Å²) in [6.45, 7) is 8.55. The molecule has 1 aromatic rings. The van der Waals surface area contributed by atoms with Gasteiger partial charge in [-0.25, -0.2) is 0 Å². The SMILES string of the molecule is CCCC(N)C(O)CC(C)c1cccc(C)c1C. The zero-order valence-electron chi connectivity index (χ0n) is 12.1. The minimum atomic E-state index is -0.403. The van der Waals surface area contributed by atoms with E-state index >= 15 is 0 Å². The van der Waals surface area contributed by atoms with Gasteiger partial charge in [-0.05, 0) is 49.3 Å². The maximum Gasteiger partial charge on any atom is 0.0696 e. The molecule has 18 heavy (non-hydrogen) atoms. The third-order valence-corrected chi connectivity index (χ3v) is 3.89. The highest BCUT2D eigenvalue weighted by atomic mass is 16.3. The molecule has 0 aliphatic carbocycles. The highest BCUT2D eigenvalue weighted by Gasteiger charge is 2.19. The molecule has 1 rings (SSSR count). The van der Waals surface area contributed by atoms with Crippen molar-refractivity contribution in [2.75, 3.05) is 0 Å². The lowest BCUT2D eigenvalue weighted by Gasteiger charge is -2.23. The van der Waals surface area contributed by atoms with Crippen LogP contribution < -0.4 is 5.73 Å². The molecule has 0 aliphatic heterocycles. The molecular weight excluding hydrogens is 222 g/mol. The van der Waals surface area contributed by atoms with Crippen molar-refractivity contribution in [3.63, 3.8) is 0 Å². The van der Waals surface area contributed by atoms with Gasteiger partial charge in [-0.1, -0.05) is 38.5 Å². The topological polar surface area (TPSA) is 46.2 Å². The van der Waals surface area contributed by atoms with Crippen LogP contribution in [0.5, 0.6) is 0 Å². The van der Waals surface area contributed by atoms with Crippen LogP contribution >= 0.6 is 0 Å². The molecule has 0 aromatic heterocycles. The third kappa shape index (κ3) is 3.82. The fraction of sp³-hybridized carbons (Fsp3) is 0.625. The summed E-state index contributed by atoms with van der Waals surface area (Å²) in [5.41, 5.74) is 9.95. The summed E-state index contributed by atoms with van der Waals surface area (Å²) in [6, 6.07) is 6.28. The van der Waals surface area contributed by atoms with Gasteiger partial charge in [0, 0.05) is 6.04 Å². The molecule has 0 bridgehead atoms. The highest BCUT2D eigenvalue weighted by molar-refractivity contribution is 5.35. The van der Waals surface area contributed by atoms with Crippen LogP contribution in [0.4, 0.5) is 0 Å². The normalized spacial score (nSPS) is 16.3. The van der Waals surface area contributed by atoms with Crippen molar-refractivity contribution in [1.82, 2.24) is 0 Å². The van der Waals surface area contributed by atoms with Crippen molar-refractivity contribution in [3.8, 4) is 0 Å². The Morgan fingerprint density at radius 3 is 2.56 bits per heavy atom. The predicted molar refractivity (Wildman–Crippen MR) is 77.8 cm³/mol. The maximum atomic E-state index is 10.1. The third-order valence-electron chi connectivity index (χ3n) is 3.89. The van der Waals surface area contributed by atoms with Crippen molar-refractivity contribution in [3.05, 3.63) is 34.9 Å². The second kappa shape index (κ2) is 6.91. The number of aryl methyl sites for hydroxylation is 1. The first kappa shape index (κ1) is 15.2. The van der Waals surface area contributed by atoms with Crippen LogP contribution in [-0.2, 0) is 0 Å². The summed E-state index contributed by atoms with van der Waals surface area (Å²) in [4.78, 5) is 0. The van der Waals surface area contributed by atoms with Crippen LogP contribution in [0.2, 0.25) is 0 Å². The lowest BCUT2D eigenvalue weighted by Crippen LogP contribution is -2.35. The molecular formula is C16H27NO. The second-order valence-electron chi connectivity index (χ2n) is 5.45. The minimum absolute atomic E-state index is 0.0948. The van der Waals surface area contributed by atoms with Gasteiger partial charge in [-0.15, -0.1) is 0 Å². The van der Waals surface area contributed by atoms with Gasteiger partial charge in [0.05, 0.1) is 6.10 Å². The Bertz CT molecular complexity index is 375. The Hall–Kier alpha value is -0.860. The van der Waals surface area contributed by atoms with E-state index in [0.717, 1.165) is 19.3 Å². The van der Waals surface area contributed by atoms with Gasteiger partial charge in [0.25, 0.3) is 0 Å². The van der Waals surface area contributed by atoms with E-state index < -0.39 is 6.10 Å². The molecule has 0 radical (unpaired) electrons. The van der Waals surface area contributed by atoms with E-state index in [2.05, 4.69) is 45.9 Å². The molecule has 0 fully saturated rings. The van der Waals surface area contributed by atoms with Crippen molar-refractivity contribution in [2.24, 2.45) is 5.73 Å². The number of nitrogens with two attached hydrogens (primary N) is 1. The zero-order chi connectivity index (χ0) is 13.7. The fourth-order valence-corrected chi connectivity index (χ4v) is 2.50. The Balaban J connectivity index is 2.70. The molecule has 1 aromatic carbocycles. The lowest BCUT2D eigenvalue weighted by molar-refractivity contribution is 0.124. The zero-order valence-corrected chi connectivity index (χ0v) is 12.1. The standard InChI is InChI=1S/C16H27NO/c1-5-7-15(17)16(18)10-12(3)14-9-6-8-11(2)13(14)4/h6,8-9,12,15-16,18H,5,7,10,17H2,1-4H3. The summed E-state index contributed by atoms with van der Waals surface area (Å²) in [5, 5.41) is 10.1. The van der Waals surface area contributed by atoms with E-state index in [-0.39, 0.29) is 6.04 Å². The van der Waals surface area contributed by atoms with Crippen LogP contribution in [0.1, 0.15) is 55.7 Å². The summed E-state index contributed by atoms with van der Waals surface area (Å²) >= 11 is 0. The molecule has 3 atom stereocenters. The molecule has 0 saturated carbocycles. The van der Waals surface area contributed by atoms with Crippen LogP contribution in [0, 0.1) is 13.8 Å². The van der Waals surface area contributed by atoms with Gasteiger partial charge >= 0.3 is 0 Å². The number of hydrogen-bond donors (Lipinski definition) is 2. The first-order valence-corrected chi connectivity index (χ1v) is 6.97. The van der Waals surface area contributed by atoms with Crippen LogP contribution in [0.3, 0.4) is 0 Å². The summed E-state index contributed by atoms with van der Waals surface area (Å²) < 4.78 is 0. The first-order chi connectivity index (χ1) is 8.47. The van der Waals surface area contributed by atoms with Gasteiger partial charge in [-0.2, -0.15) is 0 Å². The summed E-state index contributed by atoms with van der Waals surface area (Å²) in [6.07, 6.45) is 2.25. The van der Waals surface area contributed by atoms with Crippen molar-refractivity contribution < 1.29 is 5.11 Å². The van der Waals surface area contributed by atoms with Crippen molar-refractivity contribution in [1.29, 1.82) is 0 Å². The predicted octanol–water partition coefficient (Wildman–Crippen LogP) is 3.29. The quantitative estimate of drug-likeness (QED) is 0.812. The maximum absolute atomic E-state index is 10.1. The number of aliphatic hydroxyl groups is 1. The molecule has 2 nitrogen and oxygen atoms in total. The van der Waals surface area contributed by atoms with Crippen LogP contribution in [-0.4, -0.2) is 17.3 Å². The Morgan fingerprint density at radius 2 is 1.94 bits per heavy atom. The van der Waals surface area contributed by atoms with E-state index in [1.54, 1.807) is 0 Å². The molecule has 0 saturated heterocycles. The van der Waals surface area contributed by atoms with Gasteiger partial charge < -0.3 is 10.8 Å². The Kier molecular flexibility index (Phi) is 5.83. The van der Waals surface area contributed by atoms with E-state index in [1.807, 2.05) is 0 Å². The van der Waals surface area contributed by atoms with E-state index in [0.29, 0.717) is 5.92 Å². The molecule has 0 amide bonds. The molecule has 0 heterocycles. The molecule has 0 spiro atoms. The number of benzene rings is 1. The first-order valence-electron chi connectivity index (χ1n) is 6.97. The van der Waals surface area contributed by atoms with Gasteiger partial charge in [0.15, 0.2) is 0 Å². The van der Waals surface area contributed by atoms with E-state index in [9.17, 15) is 5.11 Å². The van der Waals surface area contributed by atoms with Gasteiger partial charge in [-0.3, -0.25) is 0 Å². The van der Waals surface area contributed by atoms with Crippen LogP contribution in [0.25, 0.3) is 0 Å². The smallest absolute Gasteiger partial charge is 0.0696 e. The molecule has 2 heteroatoms. The number of hydrogen-bond acceptors (Lipinski definition) is 2. The van der Waals surface area contributed by atoms with E-state index in [1.165, 1.54) is 16.7 Å². The summed E-state index contributed by atoms with van der Waals surface area (Å²) in [5.74, 6) is 0.350. The highest BCUT2D eigenvalue weighted by Crippen LogP contribution is 2.26. The number of aliphatic hydroxyl groups excluding tert-OH is 1. The lowest BCUT2D eigenvalue weighted by atomic mass is 9.87. The molecule has 102 valence electrons. The number of rotatable bonds is 6. The average molecular weight is 249 g/mol. The fourth-order valence-electron chi connectivity index (χ4n) is 2.50. The molecule has 3 unspecified atom stereocenters. The molecule has 3 N–H and O–H groups in total. The Labute approximate surface area is 111 Å². The van der Waals surface area contributed by atoms with Crippen molar-refractivity contribution in [2.45, 2.75) is 65.0 Å². The Morgan fingerprint density at radius 1 is 1.28 bits per heavy atom.